The van der Waals surface area contributed by atoms with Crippen molar-refractivity contribution in [3.05, 3.63) is 0 Å². The minimum absolute atomic E-state index is 0.0184. The SMILES string of the molecule is CCCCCCCCCC(=O)OCC(C)(CCCC)CCCCCC. The molecule has 0 saturated heterocycles. The number of rotatable bonds is 18. The van der Waals surface area contributed by atoms with Crippen LogP contribution in [0.5, 0.6) is 0 Å². The first-order valence-corrected chi connectivity index (χ1v) is 11.2. The van der Waals surface area contributed by atoms with Gasteiger partial charge in [-0.3, -0.25) is 4.79 Å². The van der Waals surface area contributed by atoms with Crippen LogP contribution in [0.4, 0.5) is 0 Å². The van der Waals surface area contributed by atoms with Gasteiger partial charge in [0, 0.05) is 11.8 Å². The molecule has 0 saturated carbocycles. The van der Waals surface area contributed by atoms with Gasteiger partial charge >= 0.3 is 5.97 Å². The van der Waals surface area contributed by atoms with E-state index in [1.165, 1.54) is 89.9 Å². The Balaban J connectivity index is 3.93. The van der Waals surface area contributed by atoms with Gasteiger partial charge in [-0.05, 0) is 19.3 Å². The van der Waals surface area contributed by atoms with Crippen LogP contribution in [0.1, 0.15) is 130 Å². The zero-order chi connectivity index (χ0) is 18.8. The molecule has 0 rings (SSSR count). The predicted molar refractivity (Wildman–Crippen MR) is 110 cm³/mol. The monoisotopic (exact) mass is 354 g/mol. The summed E-state index contributed by atoms with van der Waals surface area (Å²) in [5.41, 5.74) is 0.180. The maximum absolute atomic E-state index is 12.1. The molecule has 2 heteroatoms. The van der Waals surface area contributed by atoms with Gasteiger partial charge in [0.2, 0.25) is 0 Å². The largest absolute Gasteiger partial charge is 0.465 e. The predicted octanol–water partition coefficient (Wildman–Crippen LogP) is 7.84. The molecule has 0 amide bonds. The van der Waals surface area contributed by atoms with Crippen LogP contribution in [0.15, 0.2) is 0 Å². The van der Waals surface area contributed by atoms with E-state index >= 15 is 0 Å². The van der Waals surface area contributed by atoms with Crippen LogP contribution in [-0.4, -0.2) is 12.6 Å². The summed E-state index contributed by atoms with van der Waals surface area (Å²) in [5, 5.41) is 0. The van der Waals surface area contributed by atoms with Crippen LogP contribution < -0.4 is 0 Å². The zero-order valence-corrected chi connectivity index (χ0v) is 17.8. The van der Waals surface area contributed by atoms with Gasteiger partial charge in [0.05, 0.1) is 6.61 Å². The lowest BCUT2D eigenvalue weighted by atomic mass is 9.80. The van der Waals surface area contributed by atoms with Crippen molar-refractivity contribution >= 4 is 5.97 Å². The van der Waals surface area contributed by atoms with Crippen LogP contribution in [0, 0.1) is 5.41 Å². The maximum Gasteiger partial charge on any atom is 0.305 e. The lowest BCUT2D eigenvalue weighted by molar-refractivity contribution is -0.147. The fourth-order valence-corrected chi connectivity index (χ4v) is 3.40. The number of ether oxygens (including phenoxy) is 1. The molecule has 25 heavy (non-hydrogen) atoms. The Labute approximate surface area is 158 Å². The third kappa shape index (κ3) is 15.4. The second-order valence-electron chi connectivity index (χ2n) is 8.26. The van der Waals surface area contributed by atoms with Crippen molar-refractivity contribution in [3.8, 4) is 0 Å². The molecule has 0 N–H and O–H groups in total. The van der Waals surface area contributed by atoms with Crippen molar-refractivity contribution in [2.24, 2.45) is 5.41 Å². The van der Waals surface area contributed by atoms with Crippen molar-refractivity contribution in [1.82, 2.24) is 0 Å². The molecule has 0 aromatic rings. The molecule has 0 spiro atoms. The van der Waals surface area contributed by atoms with Gasteiger partial charge in [0.15, 0.2) is 0 Å². The van der Waals surface area contributed by atoms with E-state index < -0.39 is 0 Å². The molecule has 1 unspecified atom stereocenters. The van der Waals surface area contributed by atoms with Gasteiger partial charge in [0.1, 0.15) is 0 Å². The second kappa shape index (κ2) is 16.9. The summed E-state index contributed by atoms with van der Waals surface area (Å²) in [6.07, 6.45) is 19.3. The number of carbonyl (C=O) groups excluding carboxylic acids is 1. The Morgan fingerprint density at radius 2 is 1.16 bits per heavy atom. The van der Waals surface area contributed by atoms with Crippen molar-refractivity contribution in [2.75, 3.05) is 6.61 Å². The summed E-state index contributed by atoms with van der Waals surface area (Å²) in [5.74, 6) is 0.0184. The van der Waals surface area contributed by atoms with Gasteiger partial charge in [-0.1, -0.05) is 105 Å². The summed E-state index contributed by atoms with van der Waals surface area (Å²) in [6, 6.07) is 0. The summed E-state index contributed by atoms with van der Waals surface area (Å²) in [7, 11) is 0. The smallest absolute Gasteiger partial charge is 0.305 e. The Morgan fingerprint density at radius 1 is 0.680 bits per heavy atom. The molecular weight excluding hydrogens is 308 g/mol. The van der Waals surface area contributed by atoms with Crippen LogP contribution in [-0.2, 0) is 9.53 Å². The Hall–Kier alpha value is -0.530. The minimum Gasteiger partial charge on any atom is -0.465 e. The van der Waals surface area contributed by atoms with E-state index in [9.17, 15) is 4.79 Å². The highest BCUT2D eigenvalue weighted by Gasteiger charge is 2.25. The van der Waals surface area contributed by atoms with Crippen LogP contribution in [0.2, 0.25) is 0 Å². The maximum atomic E-state index is 12.1. The van der Waals surface area contributed by atoms with Gasteiger partial charge in [-0.25, -0.2) is 0 Å². The first-order chi connectivity index (χ1) is 12.1. The first-order valence-electron chi connectivity index (χ1n) is 11.2. The molecule has 0 aliphatic rings. The zero-order valence-electron chi connectivity index (χ0n) is 17.8. The molecule has 0 fully saturated rings. The molecule has 1 atom stereocenters. The number of esters is 1. The van der Waals surface area contributed by atoms with Crippen molar-refractivity contribution in [3.63, 3.8) is 0 Å². The van der Waals surface area contributed by atoms with Crippen molar-refractivity contribution < 1.29 is 9.53 Å². The molecular formula is C23H46O2. The van der Waals surface area contributed by atoms with E-state index in [-0.39, 0.29) is 11.4 Å². The Bertz CT molecular complexity index is 300. The topological polar surface area (TPSA) is 26.3 Å². The molecule has 0 heterocycles. The van der Waals surface area contributed by atoms with E-state index in [1.807, 2.05) is 0 Å². The number of hydrogen-bond acceptors (Lipinski definition) is 2. The Kier molecular flexibility index (Phi) is 16.6. The van der Waals surface area contributed by atoms with Gasteiger partial charge in [-0.15, -0.1) is 0 Å². The first kappa shape index (κ1) is 24.5. The van der Waals surface area contributed by atoms with Crippen molar-refractivity contribution in [2.45, 2.75) is 130 Å². The van der Waals surface area contributed by atoms with Gasteiger partial charge in [-0.2, -0.15) is 0 Å². The molecule has 2 nitrogen and oxygen atoms in total. The quantitative estimate of drug-likeness (QED) is 0.185. The van der Waals surface area contributed by atoms with E-state index in [1.54, 1.807) is 0 Å². The van der Waals surface area contributed by atoms with E-state index in [0.717, 1.165) is 6.42 Å². The minimum atomic E-state index is 0.0184. The lowest BCUT2D eigenvalue weighted by Gasteiger charge is -2.29. The molecule has 0 aromatic carbocycles. The number of hydrogen-bond donors (Lipinski definition) is 0. The fourth-order valence-electron chi connectivity index (χ4n) is 3.40. The molecule has 0 radical (unpaired) electrons. The summed E-state index contributed by atoms with van der Waals surface area (Å²) in [4.78, 5) is 12.1. The molecule has 0 aliphatic heterocycles. The average Bonchev–Trinajstić information content (AvgIpc) is 2.61. The van der Waals surface area contributed by atoms with Gasteiger partial charge < -0.3 is 4.74 Å². The summed E-state index contributed by atoms with van der Waals surface area (Å²) < 4.78 is 5.67. The van der Waals surface area contributed by atoms with E-state index in [0.29, 0.717) is 13.0 Å². The third-order valence-electron chi connectivity index (χ3n) is 5.33. The standard InChI is InChI=1S/C23H46O2/c1-5-8-11-13-14-15-16-18-22(24)25-21-23(4,19-10-7-3)20-17-12-9-6-2/h5-21H2,1-4H3. The number of unbranched alkanes of at least 4 members (excludes halogenated alkanes) is 10. The average molecular weight is 355 g/mol. The highest BCUT2D eigenvalue weighted by atomic mass is 16.5. The third-order valence-corrected chi connectivity index (χ3v) is 5.33. The van der Waals surface area contributed by atoms with E-state index in [2.05, 4.69) is 27.7 Å². The molecule has 0 aliphatic carbocycles. The summed E-state index contributed by atoms with van der Waals surface area (Å²) >= 11 is 0. The van der Waals surface area contributed by atoms with E-state index in [4.69, 9.17) is 4.74 Å². The number of carbonyl (C=O) groups is 1. The summed E-state index contributed by atoms with van der Waals surface area (Å²) in [6.45, 7) is 9.67. The fraction of sp³-hybridized carbons (Fsp3) is 0.957. The van der Waals surface area contributed by atoms with Crippen LogP contribution in [0.25, 0.3) is 0 Å². The lowest BCUT2D eigenvalue weighted by Crippen LogP contribution is -2.25. The normalized spacial score (nSPS) is 13.6. The molecule has 0 bridgehead atoms. The highest BCUT2D eigenvalue weighted by molar-refractivity contribution is 5.69. The van der Waals surface area contributed by atoms with Crippen molar-refractivity contribution in [1.29, 1.82) is 0 Å². The highest BCUT2D eigenvalue weighted by Crippen LogP contribution is 2.31. The molecule has 0 aromatic heterocycles. The Morgan fingerprint density at radius 3 is 1.76 bits per heavy atom. The van der Waals surface area contributed by atoms with Crippen LogP contribution >= 0.6 is 0 Å². The van der Waals surface area contributed by atoms with Gasteiger partial charge in [0.25, 0.3) is 0 Å². The van der Waals surface area contributed by atoms with Crippen LogP contribution in [0.3, 0.4) is 0 Å². The second-order valence-corrected chi connectivity index (χ2v) is 8.26. The molecule has 150 valence electrons.